The van der Waals surface area contributed by atoms with Crippen LogP contribution in [0.1, 0.15) is 12.0 Å². The maximum Gasteiger partial charge on any atom is 0.306 e. The molecule has 0 radical (unpaired) electrons. The van der Waals surface area contributed by atoms with Gasteiger partial charge in [0.05, 0.1) is 16.5 Å². The number of rotatable bonds is 5. The molecule has 0 bridgehead atoms. The van der Waals surface area contributed by atoms with E-state index in [-0.39, 0.29) is 30.5 Å². The first kappa shape index (κ1) is 18.8. The van der Waals surface area contributed by atoms with Gasteiger partial charge in [0.15, 0.2) is 0 Å². The van der Waals surface area contributed by atoms with Crippen LogP contribution in [0.2, 0.25) is 5.02 Å². The number of carbonyl (C=O) groups is 2. The number of halogens is 2. The number of benzene rings is 2. The van der Waals surface area contributed by atoms with Crippen LogP contribution < -0.4 is 10.2 Å². The Morgan fingerprint density at radius 1 is 1.30 bits per heavy atom. The minimum atomic E-state index is -0.979. The fraction of sp³-hybridized carbons (Fsp3) is 0.222. The maximum atomic E-state index is 13.5. The van der Waals surface area contributed by atoms with Gasteiger partial charge in [-0.1, -0.05) is 23.7 Å². The molecule has 1 atom stereocenters. The molecule has 0 aliphatic carbocycles. The normalized spacial score (nSPS) is 16.4. The van der Waals surface area contributed by atoms with Gasteiger partial charge in [0, 0.05) is 30.6 Å². The summed E-state index contributed by atoms with van der Waals surface area (Å²) in [5.74, 6) is -2.21. The van der Waals surface area contributed by atoms with Gasteiger partial charge in [-0.2, -0.15) is 4.39 Å². The summed E-state index contributed by atoms with van der Waals surface area (Å²) in [5.41, 5.74) is 0.347. The summed E-state index contributed by atoms with van der Waals surface area (Å²) in [6, 6.07) is 10.2. The van der Waals surface area contributed by atoms with Crippen molar-refractivity contribution >= 4 is 34.8 Å². The average molecular weight is 392 g/mol. The minimum Gasteiger partial charge on any atom is -0.352 e. The van der Waals surface area contributed by atoms with Gasteiger partial charge in [-0.05, 0) is 29.8 Å². The minimum absolute atomic E-state index is 0.0162. The summed E-state index contributed by atoms with van der Waals surface area (Å²) in [5, 5.41) is 14.2. The number of hydrogen-bond acceptors (Lipinski definition) is 4. The zero-order chi connectivity index (χ0) is 19.6. The van der Waals surface area contributed by atoms with Gasteiger partial charge in [-0.25, -0.2) is 0 Å². The lowest BCUT2D eigenvalue weighted by molar-refractivity contribution is -0.387. The molecule has 2 aromatic carbocycles. The second-order valence-electron chi connectivity index (χ2n) is 6.14. The number of nitro benzene ring substituents is 1. The molecule has 1 saturated heterocycles. The summed E-state index contributed by atoms with van der Waals surface area (Å²) in [6.45, 7) is 0.372. The Morgan fingerprint density at radius 3 is 2.67 bits per heavy atom. The lowest BCUT2D eigenvalue weighted by atomic mass is 10.1. The van der Waals surface area contributed by atoms with Crippen LogP contribution in [0.15, 0.2) is 42.5 Å². The van der Waals surface area contributed by atoms with E-state index in [1.54, 1.807) is 24.3 Å². The Hall–Kier alpha value is -3.00. The molecule has 1 aliphatic rings. The van der Waals surface area contributed by atoms with Gasteiger partial charge >= 0.3 is 5.69 Å². The topological polar surface area (TPSA) is 92.6 Å². The zero-order valence-corrected chi connectivity index (χ0v) is 14.8. The molecule has 9 heteroatoms. The standard InChI is InChI=1S/C18H15ClFN3O4/c19-13-3-1-11(2-4-13)9-21-18(25)12-7-17(24)22(10-12)14-5-6-15(20)16(8-14)23(26)27/h1-6,8,12H,7,9-10H2,(H,21,25). The predicted octanol–water partition coefficient (Wildman–Crippen LogP) is 3.06. The fourth-order valence-corrected chi connectivity index (χ4v) is 3.00. The SMILES string of the molecule is O=C(NCc1ccc(Cl)cc1)C1CC(=O)N(c2ccc(F)c([N+](=O)[O-])c2)C1. The highest BCUT2D eigenvalue weighted by molar-refractivity contribution is 6.30. The number of nitrogens with zero attached hydrogens (tertiary/aromatic N) is 2. The van der Waals surface area contributed by atoms with E-state index in [0.717, 1.165) is 17.7 Å². The molecule has 0 spiro atoms. The van der Waals surface area contributed by atoms with Gasteiger partial charge in [-0.3, -0.25) is 19.7 Å². The molecule has 0 aromatic heterocycles. The molecule has 140 valence electrons. The Bertz CT molecular complexity index is 904. The summed E-state index contributed by atoms with van der Waals surface area (Å²) in [7, 11) is 0. The summed E-state index contributed by atoms with van der Waals surface area (Å²) < 4.78 is 13.5. The van der Waals surface area contributed by atoms with Crippen LogP contribution in [-0.2, 0) is 16.1 Å². The number of carbonyl (C=O) groups excluding carboxylic acids is 2. The first-order valence-corrected chi connectivity index (χ1v) is 8.49. The smallest absolute Gasteiger partial charge is 0.306 e. The Morgan fingerprint density at radius 2 is 2.00 bits per heavy atom. The summed E-state index contributed by atoms with van der Waals surface area (Å²) in [6.07, 6.45) is -0.0162. The van der Waals surface area contributed by atoms with Crippen LogP contribution in [0.4, 0.5) is 15.8 Å². The summed E-state index contributed by atoms with van der Waals surface area (Å²) >= 11 is 5.81. The average Bonchev–Trinajstić information content (AvgIpc) is 3.03. The van der Waals surface area contributed by atoms with E-state index in [2.05, 4.69) is 5.32 Å². The fourth-order valence-electron chi connectivity index (χ4n) is 2.88. The lowest BCUT2D eigenvalue weighted by Gasteiger charge is -2.16. The van der Waals surface area contributed by atoms with E-state index >= 15 is 0 Å². The first-order chi connectivity index (χ1) is 12.8. The van der Waals surface area contributed by atoms with E-state index in [4.69, 9.17) is 11.6 Å². The summed E-state index contributed by atoms with van der Waals surface area (Å²) in [4.78, 5) is 35.9. The monoisotopic (exact) mass is 391 g/mol. The van der Waals surface area contributed by atoms with Crippen LogP contribution >= 0.6 is 11.6 Å². The molecule has 1 aliphatic heterocycles. The van der Waals surface area contributed by atoms with Crippen molar-refractivity contribution < 1.29 is 18.9 Å². The number of anilines is 1. The van der Waals surface area contributed by atoms with Crippen LogP contribution in [0, 0.1) is 21.8 Å². The van der Waals surface area contributed by atoms with Gasteiger partial charge in [-0.15, -0.1) is 0 Å². The largest absolute Gasteiger partial charge is 0.352 e. The van der Waals surface area contributed by atoms with Crippen molar-refractivity contribution in [2.24, 2.45) is 5.92 Å². The van der Waals surface area contributed by atoms with Crippen LogP contribution in [0.25, 0.3) is 0 Å². The molecule has 1 unspecified atom stereocenters. The second-order valence-corrected chi connectivity index (χ2v) is 6.58. The number of amides is 2. The number of hydrogen-bond donors (Lipinski definition) is 1. The predicted molar refractivity (Wildman–Crippen MR) is 96.8 cm³/mol. The van der Waals surface area contributed by atoms with Crippen molar-refractivity contribution in [2.75, 3.05) is 11.4 Å². The molecule has 3 rings (SSSR count). The first-order valence-electron chi connectivity index (χ1n) is 8.11. The third kappa shape index (κ3) is 4.22. The molecule has 2 aromatic rings. The maximum absolute atomic E-state index is 13.5. The molecule has 1 fully saturated rings. The highest BCUT2D eigenvalue weighted by Gasteiger charge is 2.35. The van der Waals surface area contributed by atoms with Crippen molar-refractivity contribution in [1.29, 1.82) is 0 Å². The third-order valence-corrected chi connectivity index (χ3v) is 4.57. The lowest BCUT2D eigenvalue weighted by Crippen LogP contribution is -2.32. The highest BCUT2D eigenvalue weighted by atomic mass is 35.5. The van der Waals surface area contributed by atoms with Crippen molar-refractivity contribution in [3.63, 3.8) is 0 Å². The highest BCUT2D eigenvalue weighted by Crippen LogP contribution is 2.29. The van der Waals surface area contributed by atoms with Crippen LogP contribution in [0.3, 0.4) is 0 Å². The van der Waals surface area contributed by atoms with Crippen LogP contribution in [0.5, 0.6) is 0 Å². The van der Waals surface area contributed by atoms with Crippen molar-refractivity contribution in [3.05, 3.63) is 69.0 Å². The Balaban J connectivity index is 1.66. The zero-order valence-electron chi connectivity index (χ0n) is 14.0. The number of nitro groups is 1. The molecule has 0 saturated carbocycles. The molecule has 7 nitrogen and oxygen atoms in total. The van der Waals surface area contributed by atoms with Gasteiger partial charge in [0.1, 0.15) is 0 Å². The van der Waals surface area contributed by atoms with Crippen molar-refractivity contribution in [1.82, 2.24) is 5.32 Å². The van der Waals surface area contributed by atoms with Crippen LogP contribution in [-0.4, -0.2) is 23.3 Å². The molecule has 27 heavy (non-hydrogen) atoms. The van der Waals surface area contributed by atoms with E-state index in [1.165, 1.54) is 11.0 Å². The van der Waals surface area contributed by atoms with E-state index in [0.29, 0.717) is 11.6 Å². The Kier molecular flexibility index (Phi) is 5.36. The molecule has 2 amide bonds. The van der Waals surface area contributed by atoms with E-state index in [1.807, 2.05) is 0 Å². The van der Waals surface area contributed by atoms with Gasteiger partial charge in [0.2, 0.25) is 17.6 Å². The quantitative estimate of drug-likeness (QED) is 0.626. The molecule has 1 heterocycles. The number of nitrogens with one attached hydrogen (secondary N) is 1. The van der Waals surface area contributed by atoms with E-state index in [9.17, 15) is 24.1 Å². The van der Waals surface area contributed by atoms with E-state index < -0.39 is 22.3 Å². The van der Waals surface area contributed by atoms with Gasteiger partial charge < -0.3 is 10.2 Å². The third-order valence-electron chi connectivity index (χ3n) is 4.31. The van der Waals surface area contributed by atoms with Gasteiger partial charge in [0.25, 0.3) is 0 Å². The molecule has 1 N–H and O–H groups in total. The van der Waals surface area contributed by atoms with Crippen molar-refractivity contribution in [3.8, 4) is 0 Å². The second kappa shape index (κ2) is 7.71. The molecular weight excluding hydrogens is 377 g/mol. The molecular formula is C18H15ClFN3O4. The van der Waals surface area contributed by atoms with Crippen molar-refractivity contribution in [2.45, 2.75) is 13.0 Å². The Labute approximate surface area is 158 Å².